The molecule has 0 fully saturated rings. The number of carbonyl (C=O) groups excluding carboxylic acids is 1. The van der Waals surface area contributed by atoms with Crippen LogP contribution in [0, 0.1) is 10.1 Å². The Hall–Kier alpha value is -3.99. The first-order chi connectivity index (χ1) is 14.9. The number of non-ortho nitro benzene ring substituents is 1. The molecule has 0 unspecified atom stereocenters. The maximum atomic E-state index is 11.2. The van der Waals surface area contributed by atoms with Crippen molar-refractivity contribution in [2.75, 3.05) is 10.6 Å². The fraction of sp³-hybridized carbons (Fsp3) is 0.100. The third-order valence-corrected chi connectivity index (χ3v) is 5.20. The Labute approximate surface area is 180 Å². The van der Waals surface area contributed by atoms with E-state index in [2.05, 4.69) is 25.7 Å². The van der Waals surface area contributed by atoms with Crippen LogP contribution in [-0.4, -0.2) is 30.6 Å². The van der Waals surface area contributed by atoms with Crippen molar-refractivity contribution in [2.45, 2.75) is 17.0 Å². The molecule has 4 aromatic rings. The predicted octanol–water partition coefficient (Wildman–Crippen LogP) is 4.12. The van der Waals surface area contributed by atoms with E-state index in [4.69, 9.17) is 0 Å². The molecule has 0 atom stereocenters. The highest BCUT2D eigenvalue weighted by Crippen LogP contribution is 2.32. The molecule has 31 heavy (non-hydrogen) atoms. The van der Waals surface area contributed by atoms with Crippen molar-refractivity contribution in [1.29, 1.82) is 0 Å². The maximum Gasteiger partial charge on any atom is 0.271 e. The summed E-state index contributed by atoms with van der Waals surface area (Å²) in [5.41, 5.74) is 1.09. The molecule has 1 amide bonds. The summed E-state index contributed by atoms with van der Waals surface area (Å²) in [7, 11) is 1.79. The van der Waals surface area contributed by atoms with Gasteiger partial charge in [0.05, 0.1) is 16.6 Å². The Morgan fingerprint density at radius 2 is 1.90 bits per heavy atom. The van der Waals surface area contributed by atoms with Crippen LogP contribution in [0.4, 0.5) is 23.0 Å². The lowest BCUT2D eigenvalue weighted by Crippen LogP contribution is -2.05. The Kier molecular flexibility index (Phi) is 5.50. The number of aromatic nitrogens is 4. The molecule has 0 radical (unpaired) electrons. The van der Waals surface area contributed by atoms with Crippen molar-refractivity contribution < 1.29 is 9.72 Å². The standard InChI is InChI=1S/C20H17N7O3S/c1-12(28)22-13-3-6-15(7-4-13)31-20-23-17-11-14(27(29)30)5-8-16(17)19(25-20)24-18-9-10-21-26(18)2/h3-11H,1-2H3,(H,22,28)(H,23,24,25). The van der Waals surface area contributed by atoms with E-state index in [1.807, 2.05) is 12.1 Å². The number of nitrogens with one attached hydrogen (secondary N) is 2. The molecule has 2 aromatic carbocycles. The smallest absolute Gasteiger partial charge is 0.271 e. The fourth-order valence-electron chi connectivity index (χ4n) is 2.88. The second kappa shape index (κ2) is 8.40. The lowest BCUT2D eigenvalue weighted by molar-refractivity contribution is -0.384. The quantitative estimate of drug-likeness (QED) is 0.263. The topological polar surface area (TPSA) is 128 Å². The highest BCUT2D eigenvalue weighted by Gasteiger charge is 2.14. The minimum absolute atomic E-state index is 0.0479. The van der Waals surface area contributed by atoms with Crippen LogP contribution in [0.1, 0.15) is 6.92 Å². The number of hydrogen-bond donors (Lipinski definition) is 2. The Morgan fingerprint density at radius 1 is 1.13 bits per heavy atom. The molecule has 10 nitrogen and oxygen atoms in total. The molecule has 2 aromatic heterocycles. The molecule has 11 heteroatoms. The van der Waals surface area contributed by atoms with Crippen molar-refractivity contribution in [2.24, 2.45) is 7.05 Å². The van der Waals surface area contributed by atoms with Gasteiger partial charge in [-0.3, -0.25) is 19.6 Å². The second-order valence-electron chi connectivity index (χ2n) is 6.59. The number of amides is 1. The van der Waals surface area contributed by atoms with E-state index in [0.717, 1.165) is 4.90 Å². The van der Waals surface area contributed by atoms with E-state index >= 15 is 0 Å². The van der Waals surface area contributed by atoms with Crippen LogP contribution in [0.15, 0.2) is 64.8 Å². The average Bonchev–Trinajstić information content (AvgIpc) is 3.13. The normalized spacial score (nSPS) is 10.8. The zero-order valence-electron chi connectivity index (χ0n) is 16.6. The summed E-state index contributed by atoms with van der Waals surface area (Å²) in [6, 6.07) is 13.5. The highest BCUT2D eigenvalue weighted by atomic mass is 32.2. The SMILES string of the molecule is CC(=O)Nc1ccc(Sc2nc(Nc3ccnn3C)c3ccc([N+](=O)[O-])cc3n2)cc1. The van der Waals surface area contributed by atoms with Gasteiger partial charge in [0.25, 0.3) is 5.69 Å². The molecular weight excluding hydrogens is 418 g/mol. The average molecular weight is 435 g/mol. The lowest BCUT2D eigenvalue weighted by Gasteiger charge is -2.11. The molecule has 0 aliphatic rings. The molecule has 2 heterocycles. The van der Waals surface area contributed by atoms with E-state index in [1.165, 1.54) is 30.8 Å². The van der Waals surface area contributed by atoms with Gasteiger partial charge in [-0.05, 0) is 42.1 Å². The van der Waals surface area contributed by atoms with Crippen molar-refractivity contribution in [3.8, 4) is 0 Å². The van der Waals surface area contributed by atoms with Gasteiger partial charge in [0, 0.05) is 48.1 Å². The number of rotatable bonds is 6. The van der Waals surface area contributed by atoms with Crippen LogP contribution in [0.2, 0.25) is 0 Å². The number of carbonyl (C=O) groups is 1. The first-order valence-corrected chi connectivity index (χ1v) is 9.97. The highest BCUT2D eigenvalue weighted by molar-refractivity contribution is 7.99. The predicted molar refractivity (Wildman–Crippen MR) is 118 cm³/mol. The van der Waals surface area contributed by atoms with Gasteiger partial charge in [-0.15, -0.1) is 0 Å². The number of nitro benzene ring substituents is 1. The summed E-state index contributed by atoms with van der Waals surface area (Å²) in [6.07, 6.45) is 1.66. The molecule has 4 rings (SSSR count). The summed E-state index contributed by atoms with van der Waals surface area (Å²) in [6.45, 7) is 1.45. The van der Waals surface area contributed by atoms with Gasteiger partial charge in [-0.2, -0.15) is 5.10 Å². The van der Waals surface area contributed by atoms with Gasteiger partial charge in [-0.25, -0.2) is 9.97 Å². The van der Waals surface area contributed by atoms with Crippen molar-refractivity contribution in [3.05, 3.63) is 64.8 Å². The Balaban J connectivity index is 1.72. The van der Waals surface area contributed by atoms with Crippen LogP contribution in [-0.2, 0) is 11.8 Å². The molecule has 0 saturated carbocycles. The molecule has 0 saturated heterocycles. The maximum absolute atomic E-state index is 11.2. The van der Waals surface area contributed by atoms with Crippen LogP contribution in [0.5, 0.6) is 0 Å². The van der Waals surface area contributed by atoms with Crippen molar-refractivity contribution in [3.63, 3.8) is 0 Å². The molecule has 2 N–H and O–H groups in total. The molecular formula is C20H17N7O3S. The first-order valence-electron chi connectivity index (χ1n) is 9.16. The van der Waals surface area contributed by atoms with E-state index in [9.17, 15) is 14.9 Å². The molecule has 0 spiro atoms. The zero-order chi connectivity index (χ0) is 22.0. The van der Waals surface area contributed by atoms with E-state index in [1.54, 1.807) is 42.2 Å². The number of hydrogen-bond acceptors (Lipinski definition) is 8. The molecule has 0 aliphatic heterocycles. The van der Waals surface area contributed by atoms with E-state index in [-0.39, 0.29) is 11.6 Å². The summed E-state index contributed by atoms with van der Waals surface area (Å²) in [5, 5.41) is 22.4. The number of anilines is 3. The molecule has 0 aliphatic carbocycles. The number of nitrogens with zero attached hydrogens (tertiary/aromatic N) is 5. The lowest BCUT2D eigenvalue weighted by atomic mass is 10.2. The minimum atomic E-state index is -0.455. The largest absolute Gasteiger partial charge is 0.326 e. The van der Waals surface area contributed by atoms with E-state index in [0.29, 0.717) is 33.4 Å². The molecule has 156 valence electrons. The molecule has 0 bridgehead atoms. The van der Waals surface area contributed by atoms with Gasteiger partial charge >= 0.3 is 0 Å². The summed E-state index contributed by atoms with van der Waals surface area (Å²) in [5.74, 6) is 1.08. The van der Waals surface area contributed by atoms with Gasteiger partial charge in [0.15, 0.2) is 5.16 Å². The van der Waals surface area contributed by atoms with Crippen LogP contribution < -0.4 is 10.6 Å². The Bertz CT molecular complexity index is 1290. The zero-order valence-corrected chi connectivity index (χ0v) is 17.4. The number of benzene rings is 2. The van der Waals surface area contributed by atoms with Crippen LogP contribution >= 0.6 is 11.8 Å². The Morgan fingerprint density at radius 3 is 2.55 bits per heavy atom. The van der Waals surface area contributed by atoms with Crippen LogP contribution in [0.3, 0.4) is 0 Å². The second-order valence-corrected chi connectivity index (χ2v) is 7.63. The van der Waals surface area contributed by atoms with Gasteiger partial charge in [0.1, 0.15) is 11.6 Å². The summed E-state index contributed by atoms with van der Waals surface area (Å²) in [4.78, 5) is 31.9. The van der Waals surface area contributed by atoms with Gasteiger partial charge in [0.2, 0.25) is 5.91 Å². The number of aryl methyl sites for hydroxylation is 1. The fourth-order valence-corrected chi connectivity index (χ4v) is 3.65. The number of fused-ring (bicyclic) bond motifs is 1. The van der Waals surface area contributed by atoms with E-state index < -0.39 is 4.92 Å². The minimum Gasteiger partial charge on any atom is -0.326 e. The number of nitro groups is 1. The third kappa shape index (κ3) is 4.61. The third-order valence-electron chi connectivity index (χ3n) is 4.32. The first kappa shape index (κ1) is 20.3. The van der Waals surface area contributed by atoms with Crippen molar-refractivity contribution in [1.82, 2.24) is 19.7 Å². The van der Waals surface area contributed by atoms with Gasteiger partial charge in [-0.1, -0.05) is 0 Å². The van der Waals surface area contributed by atoms with Gasteiger partial charge < -0.3 is 10.6 Å². The summed E-state index contributed by atoms with van der Waals surface area (Å²) < 4.78 is 1.66. The van der Waals surface area contributed by atoms with Crippen LogP contribution in [0.25, 0.3) is 10.9 Å². The van der Waals surface area contributed by atoms with Crippen molar-refractivity contribution >= 4 is 51.6 Å². The monoisotopic (exact) mass is 435 g/mol. The summed E-state index contributed by atoms with van der Waals surface area (Å²) >= 11 is 1.31.